The number of nitrogens with one attached hydrogen (secondary N) is 2. The van der Waals surface area contributed by atoms with E-state index in [0.29, 0.717) is 34.8 Å². The third-order valence-electron chi connectivity index (χ3n) is 6.45. The van der Waals surface area contributed by atoms with Crippen LogP contribution in [0.15, 0.2) is 42.5 Å². The molecule has 192 valence electrons. The SMILES string of the molecule is COC(=O)CCC(=O)N(CCC1CCNCC1)c1cc(C(=O)OC)cc(-c2cccc(C(=N)N)c2)c1. The van der Waals surface area contributed by atoms with Crippen LogP contribution < -0.4 is 16.0 Å². The minimum absolute atomic E-state index is 0.00347. The van der Waals surface area contributed by atoms with Crippen LogP contribution in [0.5, 0.6) is 0 Å². The average Bonchev–Trinajstić information content (AvgIpc) is 2.91. The first-order chi connectivity index (χ1) is 17.3. The molecule has 2 aromatic rings. The van der Waals surface area contributed by atoms with E-state index in [1.54, 1.807) is 35.2 Å². The van der Waals surface area contributed by atoms with E-state index in [-0.39, 0.29) is 24.6 Å². The summed E-state index contributed by atoms with van der Waals surface area (Å²) in [4.78, 5) is 39.2. The van der Waals surface area contributed by atoms with Gasteiger partial charge in [-0.05, 0) is 73.7 Å². The summed E-state index contributed by atoms with van der Waals surface area (Å²) >= 11 is 0. The number of piperidine rings is 1. The van der Waals surface area contributed by atoms with Gasteiger partial charge in [-0.15, -0.1) is 0 Å². The molecular weight excluding hydrogens is 460 g/mol. The van der Waals surface area contributed by atoms with Gasteiger partial charge in [-0.3, -0.25) is 15.0 Å². The van der Waals surface area contributed by atoms with Crippen LogP contribution in [0, 0.1) is 11.3 Å². The van der Waals surface area contributed by atoms with Crippen molar-refractivity contribution in [3.8, 4) is 11.1 Å². The summed E-state index contributed by atoms with van der Waals surface area (Å²) in [5.74, 6) is -0.784. The average molecular weight is 495 g/mol. The highest BCUT2D eigenvalue weighted by Crippen LogP contribution is 2.30. The Bertz CT molecular complexity index is 1110. The van der Waals surface area contributed by atoms with E-state index in [1.807, 2.05) is 12.1 Å². The first-order valence-corrected chi connectivity index (χ1v) is 12.1. The molecule has 0 atom stereocenters. The molecule has 1 heterocycles. The molecule has 36 heavy (non-hydrogen) atoms. The highest BCUT2D eigenvalue weighted by molar-refractivity contribution is 5.99. The molecule has 1 aliphatic heterocycles. The number of nitrogen functional groups attached to an aromatic ring is 1. The van der Waals surface area contributed by atoms with Crippen molar-refractivity contribution in [2.45, 2.75) is 32.1 Å². The van der Waals surface area contributed by atoms with Crippen LogP contribution in [0.2, 0.25) is 0 Å². The van der Waals surface area contributed by atoms with Gasteiger partial charge in [0.05, 0.1) is 26.2 Å². The van der Waals surface area contributed by atoms with E-state index in [9.17, 15) is 14.4 Å². The molecule has 0 bridgehead atoms. The summed E-state index contributed by atoms with van der Waals surface area (Å²) in [5.41, 5.74) is 8.49. The van der Waals surface area contributed by atoms with Crippen molar-refractivity contribution >= 4 is 29.4 Å². The zero-order valence-corrected chi connectivity index (χ0v) is 20.8. The molecule has 4 N–H and O–H groups in total. The molecule has 3 rings (SSSR count). The number of nitrogens with two attached hydrogens (primary N) is 1. The van der Waals surface area contributed by atoms with Crippen LogP contribution in [-0.2, 0) is 19.1 Å². The number of anilines is 1. The number of hydrogen-bond donors (Lipinski definition) is 3. The highest BCUT2D eigenvalue weighted by atomic mass is 16.5. The minimum atomic E-state index is -0.527. The molecular formula is C27H34N4O5. The van der Waals surface area contributed by atoms with Gasteiger partial charge in [0.1, 0.15) is 5.84 Å². The Morgan fingerprint density at radius 1 is 1.00 bits per heavy atom. The molecule has 0 radical (unpaired) electrons. The molecule has 0 aromatic heterocycles. The maximum absolute atomic E-state index is 13.3. The second kappa shape index (κ2) is 12.8. The third kappa shape index (κ3) is 7.14. The van der Waals surface area contributed by atoms with Gasteiger partial charge in [0, 0.05) is 24.2 Å². The normalized spacial score (nSPS) is 13.6. The van der Waals surface area contributed by atoms with E-state index in [1.165, 1.54) is 14.2 Å². The Morgan fingerprint density at radius 3 is 2.39 bits per heavy atom. The largest absolute Gasteiger partial charge is 0.469 e. The standard InChI is InChI=1S/C27H34N4O5/c1-35-25(33)7-6-24(32)31(13-10-18-8-11-30-12-9-18)23-16-21(15-22(17-23)27(34)36-2)19-4-3-5-20(14-19)26(28)29/h3-5,14-18,30H,6-13H2,1-2H3,(H3,28,29). The van der Waals surface area contributed by atoms with E-state index in [0.717, 1.165) is 37.9 Å². The van der Waals surface area contributed by atoms with Gasteiger partial charge in [-0.2, -0.15) is 0 Å². The first kappa shape index (κ1) is 26.9. The maximum Gasteiger partial charge on any atom is 0.337 e. The van der Waals surface area contributed by atoms with E-state index >= 15 is 0 Å². The van der Waals surface area contributed by atoms with Crippen LogP contribution in [0.3, 0.4) is 0 Å². The number of carbonyl (C=O) groups is 3. The molecule has 0 aliphatic carbocycles. The van der Waals surface area contributed by atoms with Crippen LogP contribution in [0.25, 0.3) is 11.1 Å². The number of ether oxygens (including phenoxy) is 2. The van der Waals surface area contributed by atoms with Crippen LogP contribution in [0.4, 0.5) is 5.69 Å². The fraction of sp³-hybridized carbons (Fsp3) is 0.407. The molecule has 1 amide bonds. The zero-order valence-electron chi connectivity index (χ0n) is 20.8. The summed E-state index contributed by atoms with van der Waals surface area (Å²) in [6.07, 6.45) is 2.86. The minimum Gasteiger partial charge on any atom is -0.469 e. The molecule has 1 fully saturated rings. The van der Waals surface area contributed by atoms with Crippen molar-refractivity contribution in [3.63, 3.8) is 0 Å². The lowest BCUT2D eigenvalue weighted by Gasteiger charge is -2.28. The quantitative estimate of drug-likeness (QED) is 0.262. The first-order valence-electron chi connectivity index (χ1n) is 12.1. The van der Waals surface area contributed by atoms with Gasteiger partial charge in [0.25, 0.3) is 0 Å². The van der Waals surface area contributed by atoms with Gasteiger partial charge in [0.2, 0.25) is 5.91 Å². The van der Waals surface area contributed by atoms with Crippen LogP contribution in [0.1, 0.15) is 48.0 Å². The number of amides is 1. The number of amidine groups is 1. The number of rotatable bonds is 10. The molecule has 9 heteroatoms. The summed E-state index contributed by atoms with van der Waals surface area (Å²) in [7, 11) is 2.60. The van der Waals surface area contributed by atoms with Crippen molar-refractivity contribution in [3.05, 3.63) is 53.6 Å². The second-order valence-electron chi connectivity index (χ2n) is 8.86. The Kier molecular flexibility index (Phi) is 9.58. The fourth-order valence-corrected chi connectivity index (χ4v) is 4.36. The van der Waals surface area contributed by atoms with E-state index in [4.69, 9.17) is 20.6 Å². The van der Waals surface area contributed by atoms with E-state index in [2.05, 4.69) is 5.32 Å². The van der Waals surface area contributed by atoms with Crippen LogP contribution in [-0.4, -0.2) is 57.5 Å². The summed E-state index contributed by atoms with van der Waals surface area (Å²) in [6.45, 7) is 2.37. The lowest BCUT2D eigenvalue weighted by Crippen LogP contribution is -2.35. The van der Waals surface area contributed by atoms with Crippen molar-refractivity contribution in [2.24, 2.45) is 11.7 Å². The molecule has 2 aromatic carbocycles. The van der Waals surface area contributed by atoms with Gasteiger partial charge >= 0.3 is 11.9 Å². The predicted octanol–water partition coefficient (Wildman–Crippen LogP) is 3.10. The summed E-state index contributed by atoms with van der Waals surface area (Å²) < 4.78 is 9.68. The zero-order chi connectivity index (χ0) is 26.1. The number of hydrogen-bond acceptors (Lipinski definition) is 7. The van der Waals surface area contributed by atoms with Gasteiger partial charge in [-0.1, -0.05) is 18.2 Å². The predicted molar refractivity (Wildman–Crippen MR) is 138 cm³/mol. The van der Waals surface area contributed by atoms with Crippen molar-refractivity contribution in [2.75, 3.05) is 38.8 Å². The molecule has 0 saturated carbocycles. The Morgan fingerprint density at radius 2 is 1.72 bits per heavy atom. The molecule has 0 spiro atoms. The summed E-state index contributed by atoms with van der Waals surface area (Å²) in [5, 5.41) is 11.1. The van der Waals surface area contributed by atoms with Crippen molar-refractivity contribution in [1.29, 1.82) is 5.41 Å². The molecule has 9 nitrogen and oxygen atoms in total. The Labute approximate surface area is 211 Å². The molecule has 1 aliphatic rings. The van der Waals surface area contributed by atoms with Crippen molar-refractivity contribution < 1.29 is 23.9 Å². The van der Waals surface area contributed by atoms with Gasteiger partial charge in [-0.25, -0.2) is 4.79 Å². The second-order valence-corrected chi connectivity index (χ2v) is 8.86. The van der Waals surface area contributed by atoms with Gasteiger partial charge < -0.3 is 25.4 Å². The molecule has 1 saturated heterocycles. The number of benzene rings is 2. The Balaban J connectivity index is 2.00. The number of methoxy groups -OCH3 is 2. The third-order valence-corrected chi connectivity index (χ3v) is 6.45. The lowest BCUT2D eigenvalue weighted by molar-refractivity contribution is -0.141. The fourth-order valence-electron chi connectivity index (χ4n) is 4.36. The number of carbonyl (C=O) groups excluding carboxylic acids is 3. The Hall–Kier alpha value is -3.72. The number of esters is 2. The lowest BCUT2D eigenvalue weighted by atomic mass is 9.94. The van der Waals surface area contributed by atoms with Crippen LogP contribution >= 0.6 is 0 Å². The smallest absolute Gasteiger partial charge is 0.337 e. The maximum atomic E-state index is 13.3. The summed E-state index contributed by atoms with van der Waals surface area (Å²) in [6, 6.07) is 12.3. The molecule has 0 unspecified atom stereocenters. The monoisotopic (exact) mass is 494 g/mol. The van der Waals surface area contributed by atoms with Crippen molar-refractivity contribution in [1.82, 2.24) is 5.32 Å². The highest BCUT2D eigenvalue weighted by Gasteiger charge is 2.22. The number of nitrogens with zero attached hydrogens (tertiary/aromatic N) is 1. The van der Waals surface area contributed by atoms with E-state index < -0.39 is 11.9 Å². The topological polar surface area (TPSA) is 135 Å². The van der Waals surface area contributed by atoms with Gasteiger partial charge in [0.15, 0.2) is 0 Å².